The normalized spacial score (nSPS) is 15.9. The molecule has 7 nitrogen and oxygen atoms in total. The number of anilines is 2. The van der Waals surface area contributed by atoms with Crippen molar-refractivity contribution in [2.75, 3.05) is 29.9 Å². The van der Waals surface area contributed by atoms with Gasteiger partial charge in [0.05, 0.1) is 0 Å². The van der Waals surface area contributed by atoms with Crippen LogP contribution in [-0.4, -0.2) is 40.6 Å². The highest BCUT2D eigenvalue weighted by Crippen LogP contribution is 2.24. The molecule has 8 heteroatoms. The number of urea groups is 1. The number of pyridine rings is 1. The summed E-state index contributed by atoms with van der Waals surface area (Å²) in [6, 6.07) is 13.3. The van der Waals surface area contributed by atoms with Gasteiger partial charge in [-0.25, -0.2) is 19.2 Å². The number of carbonyl (C=O) groups excluding carboxylic acids is 1. The van der Waals surface area contributed by atoms with Gasteiger partial charge < -0.3 is 15.5 Å². The highest BCUT2D eigenvalue weighted by Gasteiger charge is 2.22. The van der Waals surface area contributed by atoms with Crippen molar-refractivity contribution in [3.05, 3.63) is 66.2 Å². The minimum absolute atomic E-state index is 0.292. The highest BCUT2D eigenvalue weighted by atomic mass is 19.1. The molecule has 2 aromatic heterocycles. The van der Waals surface area contributed by atoms with E-state index >= 15 is 0 Å². The van der Waals surface area contributed by atoms with Gasteiger partial charge in [0, 0.05) is 43.3 Å². The van der Waals surface area contributed by atoms with E-state index in [2.05, 4.69) is 32.4 Å². The monoisotopic (exact) mass is 434 g/mol. The molecule has 1 aliphatic rings. The molecule has 4 rings (SSSR count). The summed E-state index contributed by atoms with van der Waals surface area (Å²) in [7, 11) is 0. The Kier molecular flexibility index (Phi) is 6.89. The Balaban J connectivity index is 1.40. The van der Waals surface area contributed by atoms with E-state index in [4.69, 9.17) is 4.98 Å². The lowest BCUT2D eigenvalue weighted by Crippen LogP contribution is -2.42. The van der Waals surface area contributed by atoms with E-state index in [1.54, 1.807) is 18.3 Å². The first kappa shape index (κ1) is 21.7. The Morgan fingerprint density at radius 1 is 1.19 bits per heavy atom. The van der Waals surface area contributed by atoms with Gasteiger partial charge in [-0.1, -0.05) is 19.1 Å². The summed E-state index contributed by atoms with van der Waals surface area (Å²) in [4.78, 5) is 28.3. The Labute approximate surface area is 187 Å². The highest BCUT2D eigenvalue weighted by molar-refractivity contribution is 5.89. The van der Waals surface area contributed by atoms with Crippen LogP contribution in [0.5, 0.6) is 0 Å². The van der Waals surface area contributed by atoms with Crippen molar-refractivity contribution in [1.29, 1.82) is 0 Å². The molecule has 0 radical (unpaired) electrons. The van der Waals surface area contributed by atoms with Crippen LogP contribution in [0.2, 0.25) is 0 Å². The third kappa shape index (κ3) is 5.57. The lowest BCUT2D eigenvalue weighted by atomic mass is 9.98. The van der Waals surface area contributed by atoms with E-state index < -0.39 is 0 Å². The number of hydrogen-bond acceptors (Lipinski definition) is 5. The minimum atomic E-state index is -0.382. The van der Waals surface area contributed by atoms with Crippen LogP contribution < -0.4 is 15.5 Å². The number of aromatic nitrogens is 3. The van der Waals surface area contributed by atoms with Gasteiger partial charge >= 0.3 is 6.03 Å². The van der Waals surface area contributed by atoms with Crippen molar-refractivity contribution in [3.63, 3.8) is 0 Å². The largest absolute Gasteiger partial charge is 0.356 e. The molecule has 3 aromatic rings. The molecule has 0 spiro atoms. The minimum Gasteiger partial charge on any atom is -0.356 e. The van der Waals surface area contributed by atoms with E-state index in [1.807, 2.05) is 24.3 Å². The first-order chi connectivity index (χ1) is 15.6. The molecule has 2 N–H and O–H groups in total. The van der Waals surface area contributed by atoms with Gasteiger partial charge in [-0.15, -0.1) is 0 Å². The molecule has 166 valence electrons. The van der Waals surface area contributed by atoms with Crippen molar-refractivity contribution in [3.8, 4) is 11.5 Å². The first-order valence-corrected chi connectivity index (χ1v) is 11.0. The van der Waals surface area contributed by atoms with Gasteiger partial charge in [-0.2, -0.15) is 0 Å². The van der Waals surface area contributed by atoms with Gasteiger partial charge in [0.2, 0.25) is 0 Å². The molecule has 3 heterocycles. The van der Waals surface area contributed by atoms with Crippen LogP contribution in [0.4, 0.5) is 20.7 Å². The molecule has 1 unspecified atom stereocenters. The second-order valence-electron chi connectivity index (χ2n) is 7.91. The number of amides is 2. The first-order valence-electron chi connectivity index (χ1n) is 11.0. The zero-order valence-corrected chi connectivity index (χ0v) is 18.1. The lowest BCUT2D eigenvalue weighted by Gasteiger charge is -2.34. The Morgan fingerprint density at radius 3 is 2.88 bits per heavy atom. The molecule has 1 fully saturated rings. The Morgan fingerprint density at radius 2 is 2.09 bits per heavy atom. The van der Waals surface area contributed by atoms with Crippen molar-refractivity contribution in [1.82, 2.24) is 20.3 Å². The molecule has 1 atom stereocenters. The standard InChI is InChI=1S/C24H27FN6O/c1-2-19-14-22(30-23(28-19)21-10-3-4-11-26-21)31-12-6-7-17(16-31)15-27-24(32)29-20-9-5-8-18(25)13-20/h3-5,8-11,13-14,17H,2,6-7,12,15-16H2,1H3,(H2,27,29,32). The fourth-order valence-corrected chi connectivity index (χ4v) is 3.85. The van der Waals surface area contributed by atoms with E-state index in [1.165, 1.54) is 12.1 Å². The van der Waals surface area contributed by atoms with Gasteiger partial charge in [0.25, 0.3) is 0 Å². The predicted molar refractivity (Wildman–Crippen MR) is 123 cm³/mol. The number of nitrogens with zero attached hydrogens (tertiary/aromatic N) is 4. The van der Waals surface area contributed by atoms with Gasteiger partial charge in [0.15, 0.2) is 5.82 Å². The second-order valence-corrected chi connectivity index (χ2v) is 7.91. The number of halogens is 1. The fraction of sp³-hybridized carbons (Fsp3) is 0.333. The number of aryl methyl sites for hydroxylation is 1. The van der Waals surface area contributed by atoms with E-state index in [-0.39, 0.29) is 11.8 Å². The fourth-order valence-electron chi connectivity index (χ4n) is 3.85. The van der Waals surface area contributed by atoms with Crippen molar-refractivity contribution < 1.29 is 9.18 Å². The molecule has 0 aliphatic carbocycles. The van der Waals surface area contributed by atoms with Crippen LogP contribution in [0, 0.1) is 11.7 Å². The molecular formula is C24H27FN6O. The predicted octanol–water partition coefficient (Wildman–Crippen LogP) is 4.28. The third-order valence-electron chi connectivity index (χ3n) is 5.50. The number of rotatable bonds is 6. The Hall–Kier alpha value is -3.55. The third-order valence-corrected chi connectivity index (χ3v) is 5.50. The second kappa shape index (κ2) is 10.2. The SMILES string of the molecule is CCc1cc(N2CCCC(CNC(=O)Nc3cccc(F)c3)C2)nc(-c2ccccn2)n1. The molecule has 2 amide bonds. The lowest BCUT2D eigenvalue weighted by molar-refractivity contribution is 0.249. The summed E-state index contributed by atoms with van der Waals surface area (Å²) in [5.74, 6) is 1.44. The molecule has 0 bridgehead atoms. The summed E-state index contributed by atoms with van der Waals surface area (Å²) in [6.07, 6.45) is 4.60. The van der Waals surface area contributed by atoms with Crippen LogP contribution in [-0.2, 0) is 6.42 Å². The quantitative estimate of drug-likeness (QED) is 0.605. The number of nitrogens with one attached hydrogen (secondary N) is 2. The van der Waals surface area contributed by atoms with Crippen LogP contribution >= 0.6 is 0 Å². The van der Waals surface area contributed by atoms with Crippen molar-refractivity contribution in [2.45, 2.75) is 26.2 Å². The van der Waals surface area contributed by atoms with E-state index in [9.17, 15) is 9.18 Å². The molecule has 1 aromatic carbocycles. The van der Waals surface area contributed by atoms with Gasteiger partial charge in [0.1, 0.15) is 17.3 Å². The summed E-state index contributed by atoms with van der Waals surface area (Å²) in [5.41, 5.74) is 2.17. The van der Waals surface area contributed by atoms with Crippen molar-refractivity contribution in [2.24, 2.45) is 5.92 Å². The average molecular weight is 435 g/mol. The maximum atomic E-state index is 13.3. The molecule has 1 saturated heterocycles. The Bertz CT molecular complexity index is 1060. The zero-order valence-electron chi connectivity index (χ0n) is 18.1. The number of carbonyl (C=O) groups is 1. The maximum absolute atomic E-state index is 13.3. The van der Waals surface area contributed by atoms with E-state index in [0.717, 1.165) is 49.6 Å². The topological polar surface area (TPSA) is 83.0 Å². The average Bonchev–Trinajstić information content (AvgIpc) is 2.83. The maximum Gasteiger partial charge on any atom is 0.319 e. The van der Waals surface area contributed by atoms with Crippen LogP contribution in [0.1, 0.15) is 25.5 Å². The van der Waals surface area contributed by atoms with Gasteiger partial charge in [-0.3, -0.25) is 4.98 Å². The molecular weight excluding hydrogens is 407 g/mol. The van der Waals surface area contributed by atoms with Crippen LogP contribution in [0.15, 0.2) is 54.7 Å². The summed E-state index contributed by atoms with van der Waals surface area (Å²) < 4.78 is 13.3. The molecule has 1 aliphatic heterocycles. The number of hydrogen-bond donors (Lipinski definition) is 2. The zero-order chi connectivity index (χ0) is 22.3. The van der Waals surface area contributed by atoms with Crippen molar-refractivity contribution >= 4 is 17.5 Å². The summed E-state index contributed by atoms with van der Waals surface area (Å²) in [6.45, 7) is 4.32. The van der Waals surface area contributed by atoms with E-state index in [0.29, 0.717) is 24.0 Å². The van der Waals surface area contributed by atoms with Crippen LogP contribution in [0.3, 0.4) is 0 Å². The smallest absolute Gasteiger partial charge is 0.319 e. The summed E-state index contributed by atoms with van der Waals surface area (Å²) >= 11 is 0. The van der Waals surface area contributed by atoms with Crippen LogP contribution in [0.25, 0.3) is 11.5 Å². The summed E-state index contributed by atoms with van der Waals surface area (Å²) in [5, 5.41) is 5.58. The van der Waals surface area contributed by atoms with Gasteiger partial charge in [-0.05, 0) is 55.5 Å². The molecule has 32 heavy (non-hydrogen) atoms. The number of benzene rings is 1. The molecule has 0 saturated carbocycles. The number of piperidine rings is 1.